The lowest BCUT2D eigenvalue weighted by atomic mass is 10.2. The lowest BCUT2D eigenvalue weighted by molar-refractivity contribution is -0.118. The van der Waals surface area contributed by atoms with E-state index in [0.717, 1.165) is 27.8 Å². The number of anilines is 2. The summed E-state index contributed by atoms with van der Waals surface area (Å²) in [7, 11) is 1.59. The molecule has 3 N–H and O–H groups in total. The molecule has 0 aromatic heterocycles. The maximum absolute atomic E-state index is 12.7. The highest BCUT2D eigenvalue weighted by Crippen LogP contribution is 2.27. The van der Waals surface area contributed by atoms with Gasteiger partial charge in [-0.15, -0.1) is 18.3 Å². The topological polar surface area (TPSA) is 84.7 Å². The molecular weight excluding hydrogens is 374 g/mol. The molecule has 2 aromatic rings. The molecule has 0 saturated carbocycles. The molecule has 2 rings (SSSR count). The van der Waals surface area contributed by atoms with Crippen LogP contribution in [0.4, 0.5) is 11.4 Å². The zero-order valence-corrected chi connectivity index (χ0v) is 16.7. The number of ether oxygens (including phenoxy) is 1. The van der Waals surface area contributed by atoms with Crippen molar-refractivity contribution in [2.45, 2.75) is 11.3 Å². The predicted molar refractivity (Wildman–Crippen MR) is 115 cm³/mol. The van der Waals surface area contributed by atoms with E-state index in [0.29, 0.717) is 6.54 Å². The van der Waals surface area contributed by atoms with Crippen molar-refractivity contribution >= 4 is 35.0 Å². The second-order valence-electron chi connectivity index (χ2n) is 5.98. The molecule has 7 heteroatoms. The Kier molecular flexibility index (Phi) is 8.42. The Labute approximate surface area is 169 Å². The number of hydrogen-bond acceptors (Lipinski definition) is 5. The first-order valence-corrected chi connectivity index (χ1v) is 9.82. The summed E-state index contributed by atoms with van der Waals surface area (Å²) in [4.78, 5) is 26.7. The average Bonchev–Trinajstić information content (AvgIpc) is 2.70. The summed E-state index contributed by atoms with van der Waals surface area (Å²) in [6.45, 7) is 4.17. The first-order valence-electron chi connectivity index (χ1n) is 8.83. The minimum Gasteiger partial charge on any atom is -0.497 e. The van der Waals surface area contributed by atoms with Crippen molar-refractivity contribution in [2.24, 2.45) is 5.73 Å². The molecule has 2 amide bonds. The Bertz CT molecular complexity index is 809. The van der Waals surface area contributed by atoms with E-state index in [4.69, 9.17) is 10.5 Å². The van der Waals surface area contributed by atoms with Gasteiger partial charge in [0.05, 0.1) is 19.3 Å². The van der Waals surface area contributed by atoms with Gasteiger partial charge in [0, 0.05) is 29.3 Å². The smallest absolute Gasteiger partial charge is 0.243 e. The zero-order chi connectivity index (χ0) is 20.4. The highest BCUT2D eigenvalue weighted by molar-refractivity contribution is 7.99. The van der Waals surface area contributed by atoms with Crippen LogP contribution in [0, 0.1) is 0 Å². The molecule has 0 aliphatic heterocycles. The summed E-state index contributed by atoms with van der Waals surface area (Å²) in [6, 6.07) is 14.9. The second-order valence-corrected chi connectivity index (χ2v) is 7.04. The van der Waals surface area contributed by atoms with Crippen LogP contribution in [0.1, 0.15) is 6.42 Å². The van der Waals surface area contributed by atoms with Gasteiger partial charge < -0.3 is 20.7 Å². The van der Waals surface area contributed by atoms with Gasteiger partial charge in [-0.1, -0.05) is 18.2 Å². The zero-order valence-electron chi connectivity index (χ0n) is 15.9. The average molecular weight is 400 g/mol. The Balaban J connectivity index is 2.11. The molecule has 0 fully saturated rings. The van der Waals surface area contributed by atoms with E-state index >= 15 is 0 Å². The van der Waals surface area contributed by atoms with Crippen LogP contribution in [0.5, 0.6) is 5.75 Å². The van der Waals surface area contributed by atoms with Gasteiger partial charge in [0.25, 0.3) is 0 Å². The Hall–Kier alpha value is -2.93. The monoisotopic (exact) mass is 399 g/mol. The molecule has 0 heterocycles. The number of carbonyl (C=O) groups excluding carboxylic acids is 2. The third-order valence-corrected chi connectivity index (χ3v) is 4.99. The molecule has 0 unspecified atom stereocenters. The van der Waals surface area contributed by atoms with Crippen LogP contribution < -0.4 is 20.7 Å². The van der Waals surface area contributed by atoms with Crippen molar-refractivity contribution in [1.82, 2.24) is 0 Å². The van der Waals surface area contributed by atoms with E-state index in [1.807, 2.05) is 59.5 Å². The van der Waals surface area contributed by atoms with Crippen LogP contribution in [0.3, 0.4) is 0 Å². The van der Waals surface area contributed by atoms with Gasteiger partial charge in [-0.2, -0.15) is 0 Å². The summed E-state index contributed by atoms with van der Waals surface area (Å²) in [6.07, 6.45) is 1.98. The quantitative estimate of drug-likeness (QED) is 0.447. The lowest BCUT2D eigenvalue weighted by Crippen LogP contribution is -2.35. The van der Waals surface area contributed by atoms with E-state index in [2.05, 4.69) is 11.9 Å². The van der Waals surface area contributed by atoms with Crippen molar-refractivity contribution in [3.05, 3.63) is 61.2 Å². The van der Waals surface area contributed by atoms with Crippen molar-refractivity contribution < 1.29 is 14.3 Å². The highest BCUT2D eigenvalue weighted by Gasteiger charge is 2.14. The van der Waals surface area contributed by atoms with E-state index in [-0.39, 0.29) is 18.9 Å². The minimum absolute atomic E-state index is 0.0973. The molecular formula is C21H25N3O3S. The summed E-state index contributed by atoms with van der Waals surface area (Å²) >= 11 is 1.60. The first kappa shape index (κ1) is 21.4. The third-order valence-electron chi connectivity index (χ3n) is 3.92. The number of nitrogens with one attached hydrogen (secondary N) is 1. The number of primary amides is 1. The molecule has 0 aliphatic carbocycles. The maximum Gasteiger partial charge on any atom is 0.243 e. The number of methoxy groups -OCH3 is 1. The fourth-order valence-electron chi connectivity index (χ4n) is 2.55. The Morgan fingerprint density at radius 3 is 2.57 bits per heavy atom. The molecule has 0 bridgehead atoms. The standard InChI is InChI=1S/C21H25N3O3S/c1-3-14-28-19-7-5-4-6-18(19)23-21(26)15-24(13-12-20(22)25)16-8-10-17(27-2)11-9-16/h3-11H,1,12-15H2,2H3,(H2,22,25)(H,23,26). The molecule has 0 aliphatic rings. The lowest BCUT2D eigenvalue weighted by Gasteiger charge is -2.24. The van der Waals surface area contributed by atoms with Gasteiger partial charge in [0.2, 0.25) is 11.8 Å². The molecule has 6 nitrogen and oxygen atoms in total. The van der Waals surface area contributed by atoms with Crippen molar-refractivity contribution in [3.63, 3.8) is 0 Å². The summed E-state index contributed by atoms with van der Waals surface area (Å²) in [5, 5.41) is 2.95. The molecule has 0 radical (unpaired) electrons. The van der Waals surface area contributed by atoms with Gasteiger partial charge in [-0.25, -0.2) is 0 Å². The van der Waals surface area contributed by atoms with Gasteiger partial charge in [0.15, 0.2) is 0 Å². The molecule has 0 atom stereocenters. The number of carbonyl (C=O) groups is 2. The maximum atomic E-state index is 12.7. The number of nitrogens with zero attached hydrogens (tertiary/aromatic N) is 1. The molecule has 28 heavy (non-hydrogen) atoms. The predicted octanol–water partition coefficient (Wildman–Crippen LogP) is 3.29. The van der Waals surface area contributed by atoms with Crippen molar-refractivity contribution in [2.75, 3.05) is 36.2 Å². The number of rotatable bonds is 11. The fourth-order valence-corrected chi connectivity index (χ4v) is 3.29. The van der Waals surface area contributed by atoms with Crippen molar-refractivity contribution in [1.29, 1.82) is 0 Å². The SMILES string of the molecule is C=CCSc1ccccc1NC(=O)CN(CCC(N)=O)c1ccc(OC)cc1. The van der Waals surface area contributed by atoms with Crippen LogP contribution in [0.2, 0.25) is 0 Å². The van der Waals surface area contributed by atoms with Crippen molar-refractivity contribution in [3.8, 4) is 5.75 Å². The minimum atomic E-state index is -0.412. The molecule has 0 saturated heterocycles. The number of para-hydroxylation sites is 1. The van der Waals surface area contributed by atoms with Crippen LogP contribution in [-0.2, 0) is 9.59 Å². The van der Waals surface area contributed by atoms with Crippen LogP contribution in [0.15, 0.2) is 66.1 Å². The Morgan fingerprint density at radius 2 is 1.93 bits per heavy atom. The van der Waals surface area contributed by atoms with Gasteiger partial charge in [-0.3, -0.25) is 9.59 Å². The van der Waals surface area contributed by atoms with E-state index in [1.54, 1.807) is 18.9 Å². The normalized spacial score (nSPS) is 10.2. The van der Waals surface area contributed by atoms with Crippen LogP contribution in [0.25, 0.3) is 0 Å². The van der Waals surface area contributed by atoms with Crippen LogP contribution in [-0.4, -0.2) is 37.8 Å². The van der Waals surface area contributed by atoms with Crippen LogP contribution >= 0.6 is 11.8 Å². The summed E-state index contributed by atoms with van der Waals surface area (Å²) in [5.74, 6) is 0.886. The molecule has 148 valence electrons. The van der Waals surface area contributed by atoms with E-state index in [9.17, 15) is 9.59 Å². The molecule has 2 aromatic carbocycles. The number of nitrogens with two attached hydrogens (primary N) is 1. The fraction of sp³-hybridized carbons (Fsp3) is 0.238. The van der Waals surface area contributed by atoms with E-state index < -0.39 is 5.91 Å². The second kappa shape index (κ2) is 11.0. The number of amides is 2. The number of hydrogen-bond donors (Lipinski definition) is 2. The Morgan fingerprint density at radius 1 is 1.21 bits per heavy atom. The molecule has 0 spiro atoms. The number of thioether (sulfide) groups is 1. The third kappa shape index (κ3) is 6.66. The highest BCUT2D eigenvalue weighted by atomic mass is 32.2. The van der Waals surface area contributed by atoms with E-state index in [1.165, 1.54) is 0 Å². The van der Waals surface area contributed by atoms with Gasteiger partial charge in [0.1, 0.15) is 5.75 Å². The first-order chi connectivity index (χ1) is 13.5. The van der Waals surface area contributed by atoms with Gasteiger partial charge in [-0.05, 0) is 36.4 Å². The summed E-state index contributed by atoms with van der Waals surface area (Å²) in [5.41, 5.74) is 6.85. The summed E-state index contributed by atoms with van der Waals surface area (Å²) < 4.78 is 5.17. The van der Waals surface area contributed by atoms with Gasteiger partial charge >= 0.3 is 0 Å². The number of benzene rings is 2. The largest absolute Gasteiger partial charge is 0.497 e.